The van der Waals surface area contributed by atoms with Crippen LogP contribution in [0.3, 0.4) is 0 Å². The highest BCUT2D eigenvalue weighted by molar-refractivity contribution is 6.22. The molecule has 2 nitrogen and oxygen atoms in total. The van der Waals surface area contributed by atoms with Crippen LogP contribution < -0.4 is 9.80 Å². The minimum absolute atomic E-state index is 0.593. The smallest absolute Gasteiger partial charge is 0.0737 e. The summed E-state index contributed by atoms with van der Waals surface area (Å²) in [5, 5.41) is 7.52. The number of fused-ring (bicyclic) bond motifs is 17. The van der Waals surface area contributed by atoms with Crippen molar-refractivity contribution in [3.63, 3.8) is 0 Å². The van der Waals surface area contributed by atoms with Gasteiger partial charge >= 0.3 is 0 Å². The predicted octanol–water partition coefficient (Wildman–Crippen LogP) is 18.0. The Bertz CT molecular complexity index is 3730. The van der Waals surface area contributed by atoms with E-state index in [-0.39, 0.29) is 0 Å². The molecule has 0 radical (unpaired) electrons. The lowest BCUT2D eigenvalue weighted by Crippen LogP contribution is -2.26. The van der Waals surface area contributed by atoms with Crippen LogP contribution in [0.2, 0.25) is 0 Å². The van der Waals surface area contributed by atoms with Gasteiger partial charge in [-0.15, -0.1) is 0 Å². The molecule has 12 rings (SSSR count). The number of para-hydroxylation sites is 1. The Labute approximate surface area is 400 Å². The summed E-state index contributed by atoms with van der Waals surface area (Å²) in [4.78, 5) is 4.82. The van der Waals surface area contributed by atoms with Gasteiger partial charge in [0.15, 0.2) is 0 Å². The SMILES string of the molecule is C=C/C=C\C(=C/C)N(c1ccc2c3c(ccc2c1)-c1c(c2ccc(N(c4ccccc4)c4ccc(C)cc4C)cc2c2ccccc12)C31c2ccccc2-c2ccccc21)c1ccc(C)cc1C. The molecule has 10 aromatic carbocycles. The maximum atomic E-state index is 4.00. The first-order valence-corrected chi connectivity index (χ1v) is 23.8. The molecule has 0 fully saturated rings. The van der Waals surface area contributed by atoms with Crippen LogP contribution in [0, 0.1) is 27.7 Å². The van der Waals surface area contributed by atoms with Crippen LogP contribution in [0.1, 0.15) is 51.4 Å². The van der Waals surface area contributed by atoms with Crippen LogP contribution in [0.15, 0.2) is 225 Å². The van der Waals surface area contributed by atoms with Crippen LogP contribution >= 0.6 is 0 Å². The number of aryl methyl sites for hydroxylation is 4. The van der Waals surface area contributed by atoms with Gasteiger partial charge < -0.3 is 9.80 Å². The Morgan fingerprint density at radius 3 is 1.76 bits per heavy atom. The molecule has 0 amide bonds. The molecule has 0 aliphatic heterocycles. The van der Waals surface area contributed by atoms with E-state index in [2.05, 4.69) is 251 Å². The van der Waals surface area contributed by atoms with Crippen molar-refractivity contribution in [1.82, 2.24) is 0 Å². The van der Waals surface area contributed by atoms with E-state index in [1.54, 1.807) is 0 Å². The Kier molecular flexibility index (Phi) is 9.71. The van der Waals surface area contributed by atoms with Gasteiger partial charge in [0.25, 0.3) is 0 Å². The van der Waals surface area contributed by atoms with Gasteiger partial charge in [-0.2, -0.15) is 0 Å². The van der Waals surface area contributed by atoms with Gasteiger partial charge in [-0.25, -0.2) is 0 Å². The zero-order chi connectivity index (χ0) is 46.3. The van der Waals surface area contributed by atoms with Gasteiger partial charge in [0, 0.05) is 34.1 Å². The third kappa shape index (κ3) is 6.03. The summed E-state index contributed by atoms with van der Waals surface area (Å²) in [5.74, 6) is 0. The molecule has 0 atom stereocenters. The second-order valence-electron chi connectivity index (χ2n) is 18.7. The highest BCUT2D eigenvalue weighted by Crippen LogP contribution is 2.67. The summed E-state index contributed by atoms with van der Waals surface area (Å²) in [5.41, 5.74) is 21.8. The Hall–Kier alpha value is -8.20. The number of anilines is 5. The van der Waals surface area contributed by atoms with E-state index in [4.69, 9.17) is 0 Å². The van der Waals surface area contributed by atoms with Crippen molar-refractivity contribution in [3.8, 4) is 22.3 Å². The fourth-order valence-electron chi connectivity index (χ4n) is 12.0. The second-order valence-corrected chi connectivity index (χ2v) is 18.7. The molecule has 10 aromatic rings. The Balaban J connectivity index is 1.17. The topological polar surface area (TPSA) is 6.48 Å². The third-order valence-corrected chi connectivity index (χ3v) is 14.7. The minimum atomic E-state index is -0.593. The molecule has 0 saturated heterocycles. The van der Waals surface area contributed by atoms with Crippen molar-refractivity contribution in [3.05, 3.63) is 269 Å². The Morgan fingerprint density at radius 2 is 1.09 bits per heavy atom. The number of rotatable bonds is 8. The lowest BCUT2D eigenvalue weighted by Gasteiger charge is -2.33. The molecule has 326 valence electrons. The van der Waals surface area contributed by atoms with E-state index in [0.29, 0.717) is 0 Å². The lowest BCUT2D eigenvalue weighted by molar-refractivity contribution is 0.809. The molecule has 2 aliphatic carbocycles. The van der Waals surface area contributed by atoms with Gasteiger partial charge in [0.05, 0.1) is 5.41 Å². The number of hydrogen-bond donors (Lipinski definition) is 0. The molecular formula is C66H52N2. The molecule has 2 aliphatic rings. The molecule has 0 aromatic heterocycles. The number of allylic oxidation sites excluding steroid dienone is 4. The summed E-state index contributed by atoms with van der Waals surface area (Å²) < 4.78 is 0. The molecule has 0 unspecified atom stereocenters. The summed E-state index contributed by atoms with van der Waals surface area (Å²) in [6, 6.07) is 71.0. The zero-order valence-electron chi connectivity index (χ0n) is 39.3. The minimum Gasteiger partial charge on any atom is -0.311 e. The van der Waals surface area contributed by atoms with Crippen LogP contribution in [0.4, 0.5) is 28.4 Å². The van der Waals surface area contributed by atoms with E-state index in [1.807, 2.05) is 12.2 Å². The van der Waals surface area contributed by atoms with E-state index in [0.717, 1.165) is 28.4 Å². The van der Waals surface area contributed by atoms with Crippen molar-refractivity contribution in [2.45, 2.75) is 40.0 Å². The van der Waals surface area contributed by atoms with Gasteiger partial charge in [-0.05, 0) is 177 Å². The van der Waals surface area contributed by atoms with Gasteiger partial charge in [0.1, 0.15) is 0 Å². The third-order valence-electron chi connectivity index (χ3n) is 14.7. The van der Waals surface area contributed by atoms with Crippen LogP contribution in [-0.2, 0) is 5.41 Å². The second kappa shape index (κ2) is 16.0. The van der Waals surface area contributed by atoms with E-state index < -0.39 is 5.41 Å². The first-order valence-electron chi connectivity index (χ1n) is 23.8. The maximum absolute atomic E-state index is 4.00. The average molecular weight is 873 g/mol. The van der Waals surface area contributed by atoms with Gasteiger partial charge in [0.2, 0.25) is 0 Å². The van der Waals surface area contributed by atoms with Crippen molar-refractivity contribution >= 4 is 60.8 Å². The summed E-state index contributed by atoms with van der Waals surface area (Å²) in [6.07, 6.45) is 8.21. The van der Waals surface area contributed by atoms with E-state index in [1.165, 1.54) is 105 Å². The average Bonchev–Trinajstić information content (AvgIpc) is 3.85. The molecular weight excluding hydrogens is 821 g/mol. The van der Waals surface area contributed by atoms with Crippen molar-refractivity contribution in [2.75, 3.05) is 9.80 Å². The fraction of sp³-hybridized carbons (Fsp3) is 0.0909. The normalized spacial score (nSPS) is 13.3. The lowest BCUT2D eigenvalue weighted by atomic mass is 9.68. The summed E-state index contributed by atoms with van der Waals surface area (Å²) >= 11 is 0. The molecule has 1 spiro atoms. The maximum Gasteiger partial charge on any atom is 0.0737 e. The number of benzene rings is 10. The molecule has 0 saturated carbocycles. The molecule has 68 heavy (non-hydrogen) atoms. The molecule has 0 heterocycles. The van der Waals surface area contributed by atoms with Crippen molar-refractivity contribution in [1.29, 1.82) is 0 Å². The molecule has 0 bridgehead atoms. The highest BCUT2D eigenvalue weighted by Gasteiger charge is 2.53. The first kappa shape index (κ1) is 41.2. The van der Waals surface area contributed by atoms with Crippen LogP contribution in [-0.4, -0.2) is 0 Å². The van der Waals surface area contributed by atoms with E-state index >= 15 is 0 Å². The van der Waals surface area contributed by atoms with Gasteiger partial charge in [-0.1, -0.05) is 175 Å². The van der Waals surface area contributed by atoms with Crippen LogP contribution in [0.25, 0.3) is 54.6 Å². The standard InChI is InChI=1S/C66H52N2/c1-7-9-19-47(8-2)67(61-36-28-42(3)38-44(61)5)49-31-34-51-46(40-49)30-33-57-63-55-25-14-13-22-52(55)58-41-50(68(48-20-11-10-12-21-48)62-37-29-43(4)39-45(62)6)32-35-56(58)65(63)66(64(51)57)59-26-17-15-23-53(59)54-24-16-18-27-60(54)66/h7-41H,1H2,2-6H3/b19-9-,47-8+. The predicted molar refractivity (Wildman–Crippen MR) is 291 cm³/mol. The highest BCUT2D eigenvalue weighted by atomic mass is 15.2. The van der Waals surface area contributed by atoms with Crippen molar-refractivity contribution < 1.29 is 0 Å². The Morgan fingerprint density at radius 1 is 0.471 bits per heavy atom. The monoisotopic (exact) mass is 872 g/mol. The van der Waals surface area contributed by atoms with Gasteiger partial charge in [-0.3, -0.25) is 0 Å². The number of hydrogen-bond acceptors (Lipinski definition) is 2. The molecule has 2 heteroatoms. The van der Waals surface area contributed by atoms with Crippen LogP contribution in [0.5, 0.6) is 0 Å². The quantitative estimate of drug-likeness (QED) is 0.111. The van der Waals surface area contributed by atoms with E-state index in [9.17, 15) is 0 Å². The van der Waals surface area contributed by atoms with Crippen molar-refractivity contribution in [2.24, 2.45) is 0 Å². The molecule has 0 N–H and O–H groups in total. The number of nitrogens with zero attached hydrogens (tertiary/aromatic N) is 2. The fourth-order valence-corrected chi connectivity index (χ4v) is 12.0. The first-order chi connectivity index (χ1) is 33.3. The largest absolute Gasteiger partial charge is 0.311 e. The summed E-state index contributed by atoms with van der Waals surface area (Å²) in [6.45, 7) is 14.9. The zero-order valence-corrected chi connectivity index (χ0v) is 39.3. The summed E-state index contributed by atoms with van der Waals surface area (Å²) in [7, 11) is 0.